The van der Waals surface area contributed by atoms with Gasteiger partial charge in [-0.1, -0.05) is 18.2 Å². The Bertz CT molecular complexity index is 708. The van der Waals surface area contributed by atoms with Gasteiger partial charge < -0.3 is 14.8 Å². The number of hydrogen-bond donors (Lipinski definition) is 2. The third kappa shape index (κ3) is 3.52. The van der Waals surface area contributed by atoms with Crippen LogP contribution in [0.3, 0.4) is 0 Å². The number of hydrogen-bond acceptors (Lipinski definition) is 4. The smallest absolute Gasteiger partial charge is 0.348 e. The van der Waals surface area contributed by atoms with Crippen molar-refractivity contribution in [3.63, 3.8) is 0 Å². The van der Waals surface area contributed by atoms with E-state index in [1.54, 1.807) is 6.92 Å². The number of anilines is 1. The average molecular weight is 288 g/mol. The molecule has 0 radical (unpaired) electrons. The summed E-state index contributed by atoms with van der Waals surface area (Å²) in [5.74, 6) is 0.139. The molecule has 6 heteroatoms. The van der Waals surface area contributed by atoms with Gasteiger partial charge in [-0.15, -0.1) is 0 Å². The fourth-order valence-electron chi connectivity index (χ4n) is 1.52. The van der Waals surface area contributed by atoms with E-state index in [-0.39, 0.29) is 16.4 Å². The molecule has 5 nitrogen and oxygen atoms in total. The largest absolute Gasteiger partial charge is 0.507 e. The van der Waals surface area contributed by atoms with Crippen LogP contribution in [0.15, 0.2) is 50.6 Å². The molecule has 0 saturated heterocycles. The van der Waals surface area contributed by atoms with Crippen LogP contribution in [0, 0.1) is 6.92 Å². The Hall–Kier alpha value is -2.47. The van der Waals surface area contributed by atoms with Gasteiger partial charge in [0.2, 0.25) is 0 Å². The van der Waals surface area contributed by atoms with E-state index in [1.165, 1.54) is 12.3 Å². The molecule has 0 unspecified atom stereocenters. The van der Waals surface area contributed by atoms with E-state index in [4.69, 9.17) is 16.6 Å². The van der Waals surface area contributed by atoms with Gasteiger partial charge in [0.25, 0.3) is 0 Å². The Morgan fingerprint density at radius 3 is 2.75 bits per heavy atom. The molecule has 0 spiro atoms. The predicted octanol–water partition coefficient (Wildman–Crippen LogP) is 2.47. The van der Waals surface area contributed by atoms with Crippen LogP contribution in [0.4, 0.5) is 5.69 Å². The zero-order valence-electron chi connectivity index (χ0n) is 10.7. The standard InChI is InChI=1S/C14H12N2O3S/c1-9-7-12(17)11(13(18)19-9)8-15-14(20)16-10-5-3-2-4-6-10/h2-8,17H,1H3,(H,16,20)/b15-8+. The molecule has 0 amide bonds. The quantitative estimate of drug-likeness (QED) is 0.656. The second kappa shape index (κ2) is 6.12. The SMILES string of the molecule is Cc1cc(O)c(/C=N/C(=S)Nc2ccccc2)c(=O)o1. The van der Waals surface area contributed by atoms with E-state index in [9.17, 15) is 9.90 Å². The van der Waals surface area contributed by atoms with Crippen molar-refractivity contribution in [2.24, 2.45) is 4.99 Å². The van der Waals surface area contributed by atoms with Crippen molar-refractivity contribution >= 4 is 29.2 Å². The van der Waals surface area contributed by atoms with Gasteiger partial charge in [-0.25, -0.2) is 9.79 Å². The van der Waals surface area contributed by atoms with Crippen molar-refractivity contribution in [2.45, 2.75) is 6.92 Å². The minimum Gasteiger partial charge on any atom is -0.507 e. The summed E-state index contributed by atoms with van der Waals surface area (Å²) in [4.78, 5) is 15.5. The predicted molar refractivity (Wildman–Crippen MR) is 81.6 cm³/mol. The van der Waals surface area contributed by atoms with Crippen molar-refractivity contribution in [1.29, 1.82) is 0 Å². The summed E-state index contributed by atoms with van der Waals surface area (Å²) in [5, 5.41) is 12.7. The second-order valence-corrected chi connectivity index (χ2v) is 4.38. The number of aromatic hydroxyl groups is 1. The highest BCUT2D eigenvalue weighted by Gasteiger charge is 2.07. The molecule has 2 aromatic rings. The molecule has 0 aliphatic carbocycles. The van der Waals surface area contributed by atoms with Crippen LogP contribution in [-0.4, -0.2) is 16.4 Å². The minimum atomic E-state index is -0.659. The zero-order chi connectivity index (χ0) is 14.5. The Kier molecular flexibility index (Phi) is 4.27. The Morgan fingerprint density at radius 1 is 1.40 bits per heavy atom. The zero-order valence-corrected chi connectivity index (χ0v) is 11.5. The van der Waals surface area contributed by atoms with Gasteiger partial charge in [0.1, 0.15) is 17.1 Å². The van der Waals surface area contributed by atoms with Crippen LogP contribution in [0.1, 0.15) is 11.3 Å². The third-order valence-corrected chi connectivity index (χ3v) is 2.63. The molecule has 102 valence electrons. The lowest BCUT2D eigenvalue weighted by molar-refractivity contribution is 0.433. The molecule has 20 heavy (non-hydrogen) atoms. The second-order valence-electron chi connectivity index (χ2n) is 4.00. The summed E-state index contributed by atoms with van der Waals surface area (Å²) in [5.41, 5.74) is 0.0939. The molecule has 1 aromatic carbocycles. The lowest BCUT2D eigenvalue weighted by Crippen LogP contribution is -2.10. The molecule has 2 N–H and O–H groups in total. The summed E-state index contributed by atoms with van der Waals surface area (Å²) in [6.07, 6.45) is 1.18. The van der Waals surface area contributed by atoms with Crippen molar-refractivity contribution in [2.75, 3.05) is 5.32 Å². The molecule has 0 atom stereocenters. The van der Waals surface area contributed by atoms with Crippen LogP contribution >= 0.6 is 12.2 Å². The fraction of sp³-hybridized carbons (Fsp3) is 0.0714. The summed E-state index contributed by atoms with van der Waals surface area (Å²) >= 11 is 5.02. The van der Waals surface area contributed by atoms with Gasteiger partial charge in [0.15, 0.2) is 5.11 Å². The average Bonchev–Trinajstić information content (AvgIpc) is 2.38. The van der Waals surface area contributed by atoms with Crippen molar-refractivity contribution < 1.29 is 9.52 Å². The minimum absolute atomic E-state index is 0.0344. The maximum absolute atomic E-state index is 11.6. The number of para-hydroxylation sites is 1. The third-order valence-electron chi connectivity index (χ3n) is 2.43. The van der Waals surface area contributed by atoms with Crippen LogP contribution < -0.4 is 10.9 Å². The first-order valence-electron chi connectivity index (χ1n) is 5.80. The molecular weight excluding hydrogens is 276 g/mol. The summed E-state index contributed by atoms with van der Waals surface area (Å²) < 4.78 is 4.87. The lowest BCUT2D eigenvalue weighted by atomic mass is 10.2. The van der Waals surface area contributed by atoms with E-state index in [0.717, 1.165) is 5.69 Å². The van der Waals surface area contributed by atoms with Crippen LogP contribution in [0.25, 0.3) is 0 Å². The summed E-state index contributed by atoms with van der Waals surface area (Å²) in [7, 11) is 0. The topological polar surface area (TPSA) is 74.8 Å². The molecule has 1 aromatic heterocycles. The van der Waals surface area contributed by atoms with E-state index in [0.29, 0.717) is 5.76 Å². The molecule has 0 aliphatic heterocycles. The van der Waals surface area contributed by atoms with Crippen molar-refractivity contribution in [3.05, 3.63) is 58.1 Å². The molecular formula is C14H12N2O3S. The Balaban J connectivity index is 2.14. The first-order valence-corrected chi connectivity index (χ1v) is 6.21. The monoisotopic (exact) mass is 288 g/mol. The number of thiocarbonyl (C=S) groups is 1. The Morgan fingerprint density at radius 2 is 2.10 bits per heavy atom. The van der Waals surface area contributed by atoms with E-state index in [2.05, 4.69) is 10.3 Å². The van der Waals surface area contributed by atoms with Gasteiger partial charge >= 0.3 is 5.63 Å². The highest BCUT2D eigenvalue weighted by Crippen LogP contribution is 2.12. The highest BCUT2D eigenvalue weighted by atomic mass is 32.1. The molecule has 1 heterocycles. The molecule has 0 bridgehead atoms. The maximum atomic E-state index is 11.6. The van der Waals surface area contributed by atoms with Gasteiger partial charge in [0, 0.05) is 18.0 Å². The van der Waals surface area contributed by atoms with Crippen molar-refractivity contribution in [3.8, 4) is 5.75 Å². The highest BCUT2D eigenvalue weighted by molar-refractivity contribution is 7.80. The van der Waals surface area contributed by atoms with Crippen LogP contribution in [0.5, 0.6) is 5.75 Å². The molecule has 2 rings (SSSR count). The van der Waals surface area contributed by atoms with Crippen molar-refractivity contribution in [1.82, 2.24) is 0 Å². The van der Waals surface area contributed by atoms with E-state index < -0.39 is 5.63 Å². The van der Waals surface area contributed by atoms with E-state index >= 15 is 0 Å². The number of nitrogens with zero attached hydrogens (tertiary/aromatic N) is 1. The number of rotatable bonds is 2. The van der Waals surface area contributed by atoms with Gasteiger partial charge in [0.05, 0.1) is 0 Å². The molecule has 0 aliphatic rings. The van der Waals surface area contributed by atoms with Gasteiger partial charge in [-0.3, -0.25) is 0 Å². The number of aryl methyl sites for hydroxylation is 1. The van der Waals surface area contributed by atoms with Gasteiger partial charge in [-0.05, 0) is 31.3 Å². The first kappa shape index (κ1) is 14.0. The number of aliphatic imine (C=N–C) groups is 1. The summed E-state index contributed by atoms with van der Waals surface area (Å²) in [6.45, 7) is 1.57. The Labute approximate surface area is 120 Å². The maximum Gasteiger partial charge on any atom is 0.348 e. The first-order chi connectivity index (χ1) is 9.56. The molecule has 0 saturated carbocycles. The van der Waals surface area contributed by atoms with E-state index in [1.807, 2.05) is 30.3 Å². The normalized spacial score (nSPS) is 10.7. The summed E-state index contributed by atoms with van der Waals surface area (Å²) in [6, 6.07) is 10.6. The lowest BCUT2D eigenvalue weighted by Gasteiger charge is -2.03. The number of nitrogens with one attached hydrogen (secondary N) is 1. The number of benzene rings is 1. The fourth-order valence-corrected chi connectivity index (χ4v) is 1.70. The van der Waals surface area contributed by atoms with Crippen LogP contribution in [-0.2, 0) is 0 Å². The van der Waals surface area contributed by atoms with Crippen LogP contribution in [0.2, 0.25) is 0 Å². The van der Waals surface area contributed by atoms with Gasteiger partial charge in [-0.2, -0.15) is 0 Å². The molecule has 0 fully saturated rings.